The van der Waals surface area contributed by atoms with Crippen LogP contribution in [0.5, 0.6) is 11.6 Å². The zero-order valence-corrected chi connectivity index (χ0v) is 13.7. The van der Waals surface area contributed by atoms with E-state index >= 15 is 0 Å². The molecular formula is C18H20N4O2. The predicted molar refractivity (Wildman–Crippen MR) is 91.5 cm³/mol. The van der Waals surface area contributed by atoms with Crippen LogP contribution in [-0.4, -0.2) is 52.8 Å². The molecule has 4 rings (SSSR count). The average Bonchev–Trinajstić information content (AvgIpc) is 3.01. The van der Waals surface area contributed by atoms with Crippen LogP contribution in [0.1, 0.15) is 6.42 Å². The maximum absolute atomic E-state index is 5.90. The van der Waals surface area contributed by atoms with Crippen molar-refractivity contribution in [2.45, 2.75) is 6.42 Å². The third kappa shape index (κ3) is 3.05. The van der Waals surface area contributed by atoms with Gasteiger partial charge in [0.2, 0.25) is 5.88 Å². The van der Waals surface area contributed by atoms with E-state index in [0.717, 1.165) is 42.0 Å². The molecule has 0 amide bonds. The number of ether oxygens (including phenoxy) is 2. The zero-order chi connectivity index (χ0) is 16.4. The van der Waals surface area contributed by atoms with Crippen LogP contribution in [0.4, 0.5) is 0 Å². The summed E-state index contributed by atoms with van der Waals surface area (Å²) in [4.78, 5) is 6.87. The van der Waals surface area contributed by atoms with E-state index in [1.165, 1.54) is 0 Å². The van der Waals surface area contributed by atoms with Gasteiger partial charge in [0.15, 0.2) is 5.65 Å². The van der Waals surface area contributed by atoms with Gasteiger partial charge in [-0.25, -0.2) is 4.52 Å². The first-order valence-corrected chi connectivity index (χ1v) is 8.18. The van der Waals surface area contributed by atoms with E-state index in [4.69, 9.17) is 9.47 Å². The van der Waals surface area contributed by atoms with Crippen molar-refractivity contribution < 1.29 is 9.47 Å². The Bertz CT molecular complexity index is 846. The number of aromatic nitrogens is 3. The van der Waals surface area contributed by atoms with Gasteiger partial charge in [-0.15, -0.1) is 0 Å². The molecule has 1 aliphatic rings. The first-order valence-electron chi connectivity index (χ1n) is 8.18. The molecule has 2 aromatic heterocycles. The van der Waals surface area contributed by atoms with Crippen molar-refractivity contribution in [2.24, 2.45) is 0 Å². The van der Waals surface area contributed by atoms with Crippen molar-refractivity contribution in [3.8, 4) is 22.8 Å². The Kier molecular flexibility index (Phi) is 4.04. The van der Waals surface area contributed by atoms with Crippen molar-refractivity contribution in [3.05, 3.63) is 42.7 Å². The van der Waals surface area contributed by atoms with E-state index in [1.807, 2.05) is 42.7 Å². The molecule has 0 unspecified atom stereocenters. The number of hydrogen-bond acceptors (Lipinski definition) is 5. The lowest BCUT2D eigenvalue weighted by Crippen LogP contribution is -2.26. The monoisotopic (exact) mass is 324 g/mol. The number of likely N-dealkylation sites (N-methyl/N-ethyl adjacent to an activating group) is 1. The summed E-state index contributed by atoms with van der Waals surface area (Å²) >= 11 is 0. The summed E-state index contributed by atoms with van der Waals surface area (Å²) in [6.45, 7) is 3.15. The van der Waals surface area contributed by atoms with Crippen LogP contribution in [-0.2, 0) is 0 Å². The van der Waals surface area contributed by atoms with E-state index in [-0.39, 0.29) is 0 Å². The van der Waals surface area contributed by atoms with Crippen molar-refractivity contribution >= 4 is 5.65 Å². The fourth-order valence-electron chi connectivity index (χ4n) is 2.83. The number of nitrogens with zero attached hydrogens (tertiary/aromatic N) is 4. The number of rotatable bonds is 0. The molecule has 4 bridgehead atoms. The van der Waals surface area contributed by atoms with E-state index in [1.54, 1.807) is 4.52 Å². The fourth-order valence-corrected chi connectivity index (χ4v) is 2.83. The molecule has 124 valence electrons. The molecular weight excluding hydrogens is 304 g/mol. The lowest BCUT2D eigenvalue weighted by Gasteiger charge is -2.17. The quantitative estimate of drug-likeness (QED) is 0.636. The highest BCUT2D eigenvalue weighted by Gasteiger charge is 2.11. The summed E-state index contributed by atoms with van der Waals surface area (Å²) in [6.07, 6.45) is 4.66. The van der Waals surface area contributed by atoms with Gasteiger partial charge < -0.3 is 14.4 Å². The summed E-state index contributed by atoms with van der Waals surface area (Å²) in [5, 5.41) is 4.38. The molecule has 1 aliphatic heterocycles. The second-order valence-electron chi connectivity index (χ2n) is 5.97. The van der Waals surface area contributed by atoms with Gasteiger partial charge >= 0.3 is 0 Å². The van der Waals surface area contributed by atoms with Crippen molar-refractivity contribution in [2.75, 3.05) is 33.4 Å². The number of benzene rings is 1. The molecule has 0 saturated heterocycles. The Morgan fingerprint density at radius 3 is 3.00 bits per heavy atom. The average molecular weight is 324 g/mol. The van der Waals surface area contributed by atoms with Crippen LogP contribution in [0.25, 0.3) is 16.8 Å². The fraction of sp³-hybridized carbons (Fsp3) is 0.333. The van der Waals surface area contributed by atoms with Crippen LogP contribution in [0, 0.1) is 0 Å². The van der Waals surface area contributed by atoms with Gasteiger partial charge in [0.1, 0.15) is 12.4 Å². The Hall–Kier alpha value is -2.60. The molecule has 0 saturated carbocycles. The van der Waals surface area contributed by atoms with Crippen LogP contribution in [0.15, 0.2) is 42.7 Å². The SMILES string of the molecule is CN1CCCOc2ccn3ncc(c3n2)-c2cccc(c2)OCC1. The Morgan fingerprint density at radius 1 is 1.08 bits per heavy atom. The first kappa shape index (κ1) is 15.0. The van der Waals surface area contributed by atoms with E-state index < -0.39 is 0 Å². The molecule has 6 nitrogen and oxygen atoms in total. The molecule has 0 aliphatic carbocycles. The Labute approximate surface area is 140 Å². The van der Waals surface area contributed by atoms with Crippen LogP contribution < -0.4 is 9.47 Å². The summed E-state index contributed by atoms with van der Waals surface area (Å²) in [5.74, 6) is 1.50. The normalized spacial score (nSPS) is 16.2. The molecule has 24 heavy (non-hydrogen) atoms. The molecule has 6 heteroatoms. The van der Waals surface area contributed by atoms with Crippen LogP contribution in [0.3, 0.4) is 0 Å². The molecule has 0 atom stereocenters. The molecule has 0 spiro atoms. The van der Waals surface area contributed by atoms with Gasteiger partial charge in [0.05, 0.1) is 12.8 Å². The third-order valence-electron chi connectivity index (χ3n) is 4.16. The topological polar surface area (TPSA) is 51.9 Å². The summed E-state index contributed by atoms with van der Waals surface area (Å²) < 4.78 is 13.5. The van der Waals surface area contributed by atoms with Crippen LogP contribution in [0.2, 0.25) is 0 Å². The van der Waals surface area contributed by atoms with Gasteiger partial charge in [-0.05, 0) is 31.2 Å². The predicted octanol–water partition coefficient (Wildman–Crippen LogP) is 2.49. The van der Waals surface area contributed by atoms with Gasteiger partial charge in [-0.2, -0.15) is 10.1 Å². The van der Waals surface area contributed by atoms with Gasteiger partial charge in [0.25, 0.3) is 0 Å². The Morgan fingerprint density at radius 2 is 2.04 bits per heavy atom. The highest BCUT2D eigenvalue weighted by atomic mass is 16.5. The van der Waals surface area contributed by atoms with E-state index in [9.17, 15) is 0 Å². The lowest BCUT2D eigenvalue weighted by atomic mass is 10.1. The first-order chi connectivity index (χ1) is 11.8. The standard InChI is InChI=1S/C18H20N4O2/c1-21-7-3-10-24-17-6-8-22-18(20-17)16(13-19-22)14-4-2-5-15(12-14)23-11-9-21/h2,4-6,8,12-13H,3,7,9-11H2,1H3. The third-order valence-corrected chi connectivity index (χ3v) is 4.16. The largest absolute Gasteiger partial charge is 0.492 e. The lowest BCUT2D eigenvalue weighted by molar-refractivity contribution is 0.218. The minimum absolute atomic E-state index is 0.633. The highest BCUT2D eigenvalue weighted by Crippen LogP contribution is 2.27. The number of fused-ring (bicyclic) bond motifs is 4. The van der Waals surface area contributed by atoms with Crippen LogP contribution >= 0.6 is 0 Å². The smallest absolute Gasteiger partial charge is 0.216 e. The van der Waals surface area contributed by atoms with Crippen molar-refractivity contribution in [1.29, 1.82) is 0 Å². The Balaban J connectivity index is 1.76. The molecule has 0 N–H and O–H groups in total. The molecule has 3 aromatic rings. The minimum Gasteiger partial charge on any atom is -0.492 e. The second-order valence-corrected chi connectivity index (χ2v) is 5.97. The molecule has 3 heterocycles. The second kappa shape index (κ2) is 6.49. The zero-order valence-electron chi connectivity index (χ0n) is 13.7. The number of hydrogen-bond donors (Lipinski definition) is 0. The van der Waals surface area contributed by atoms with Gasteiger partial charge in [-0.1, -0.05) is 12.1 Å². The minimum atomic E-state index is 0.633. The maximum Gasteiger partial charge on any atom is 0.216 e. The van der Waals surface area contributed by atoms with Crippen molar-refractivity contribution in [1.82, 2.24) is 19.5 Å². The van der Waals surface area contributed by atoms with E-state index in [0.29, 0.717) is 19.1 Å². The summed E-state index contributed by atoms with van der Waals surface area (Å²) in [5.41, 5.74) is 2.80. The summed E-state index contributed by atoms with van der Waals surface area (Å²) in [6, 6.07) is 9.91. The van der Waals surface area contributed by atoms with Crippen molar-refractivity contribution in [3.63, 3.8) is 0 Å². The molecule has 1 aromatic carbocycles. The van der Waals surface area contributed by atoms with Gasteiger partial charge in [-0.3, -0.25) is 0 Å². The molecule has 0 radical (unpaired) electrons. The summed E-state index contributed by atoms with van der Waals surface area (Å²) in [7, 11) is 2.10. The van der Waals surface area contributed by atoms with Gasteiger partial charge in [0, 0.05) is 30.9 Å². The highest BCUT2D eigenvalue weighted by molar-refractivity contribution is 5.77. The van der Waals surface area contributed by atoms with E-state index in [2.05, 4.69) is 22.0 Å². The maximum atomic E-state index is 5.90. The molecule has 0 fully saturated rings.